The van der Waals surface area contributed by atoms with E-state index in [9.17, 15) is 4.79 Å². The molecule has 144 valence electrons. The van der Waals surface area contributed by atoms with Crippen molar-refractivity contribution in [2.45, 2.75) is 38.0 Å². The molecule has 0 atom stereocenters. The Hall–Kier alpha value is -2.05. The second-order valence-corrected chi connectivity index (χ2v) is 7.45. The topological polar surface area (TPSA) is 74.2 Å². The summed E-state index contributed by atoms with van der Waals surface area (Å²) >= 11 is 0. The Morgan fingerprint density at radius 3 is 2.89 bits per heavy atom. The van der Waals surface area contributed by atoms with Gasteiger partial charge in [-0.1, -0.05) is 0 Å². The van der Waals surface area contributed by atoms with Gasteiger partial charge in [-0.15, -0.1) is 12.4 Å². The Morgan fingerprint density at radius 2 is 2.11 bits per heavy atom. The van der Waals surface area contributed by atoms with Gasteiger partial charge < -0.3 is 19.6 Å². The van der Waals surface area contributed by atoms with E-state index < -0.39 is 0 Å². The van der Waals surface area contributed by atoms with Gasteiger partial charge in [-0.25, -0.2) is 4.98 Å². The third-order valence-corrected chi connectivity index (χ3v) is 5.82. The average molecular weight is 389 g/mol. The molecule has 2 aliphatic heterocycles. The molecule has 2 aliphatic rings. The number of H-pyrrole nitrogens is 1. The molecular formula is C20H25ClN4O2. The van der Waals surface area contributed by atoms with Crippen molar-refractivity contribution in [3.63, 3.8) is 0 Å². The number of likely N-dealkylation sites (tertiary alicyclic amines) is 1. The first kappa shape index (κ1) is 18.3. The zero-order valence-electron chi connectivity index (χ0n) is 15.3. The van der Waals surface area contributed by atoms with E-state index in [4.69, 9.17) is 9.40 Å². The maximum Gasteiger partial charge on any atom is 0.222 e. The van der Waals surface area contributed by atoms with Gasteiger partial charge >= 0.3 is 0 Å². The van der Waals surface area contributed by atoms with Gasteiger partial charge in [0.15, 0.2) is 11.5 Å². The fraction of sp³-hybridized carbons (Fsp3) is 0.500. The van der Waals surface area contributed by atoms with Crippen LogP contribution in [0.2, 0.25) is 0 Å². The van der Waals surface area contributed by atoms with Crippen LogP contribution in [-0.4, -0.2) is 47.0 Å². The number of benzene rings is 1. The van der Waals surface area contributed by atoms with Crippen LogP contribution < -0.4 is 5.32 Å². The fourth-order valence-corrected chi connectivity index (χ4v) is 4.41. The van der Waals surface area contributed by atoms with Crippen molar-refractivity contribution in [2.75, 3.05) is 26.2 Å². The van der Waals surface area contributed by atoms with Crippen LogP contribution >= 0.6 is 12.4 Å². The van der Waals surface area contributed by atoms with Crippen LogP contribution in [0.25, 0.3) is 22.0 Å². The van der Waals surface area contributed by atoms with Gasteiger partial charge in [0.05, 0.1) is 0 Å². The summed E-state index contributed by atoms with van der Waals surface area (Å²) in [5.74, 6) is 1.55. The second kappa shape index (κ2) is 7.52. The van der Waals surface area contributed by atoms with Gasteiger partial charge in [0.1, 0.15) is 5.52 Å². The summed E-state index contributed by atoms with van der Waals surface area (Å²) < 4.78 is 6.01. The Labute approximate surface area is 164 Å². The van der Waals surface area contributed by atoms with Crippen molar-refractivity contribution >= 4 is 40.3 Å². The molecule has 1 aromatic carbocycles. The number of fused-ring (bicyclic) bond motifs is 3. The standard InChI is InChI=1S/C20H24N4O2.ClH/c25-18-2-1-10-24(18)11-7-17-23-20-16(26-17)4-3-15-19(20)14(12-22-15)13-5-8-21-9-6-13;/h3-4,12-13,21-22H,1-2,5-11H2;1H. The lowest BCUT2D eigenvalue weighted by Crippen LogP contribution is -2.26. The highest BCUT2D eigenvalue weighted by Gasteiger charge is 2.23. The third-order valence-electron chi connectivity index (χ3n) is 5.82. The molecule has 27 heavy (non-hydrogen) atoms. The zero-order valence-corrected chi connectivity index (χ0v) is 16.1. The number of halogens is 1. The molecule has 7 heteroatoms. The number of carbonyl (C=O) groups excluding carboxylic acids is 1. The van der Waals surface area contributed by atoms with Crippen LogP contribution in [0.3, 0.4) is 0 Å². The van der Waals surface area contributed by atoms with E-state index >= 15 is 0 Å². The number of rotatable bonds is 4. The lowest BCUT2D eigenvalue weighted by Gasteiger charge is -2.22. The molecule has 2 N–H and O–H groups in total. The molecule has 2 fully saturated rings. The molecule has 0 spiro atoms. The molecule has 2 saturated heterocycles. The Balaban J connectivity index is 0.00000180. The van der Waals surface area contributed by atoms with Crippen LogP contribution in [0.4, 0.5) is 0 Å². The number of hydrogen-bond acceptors (Lipinski definition) is 4. The fourth-order valence-electron chi connectivity index (χ4n) is 4.41. The van der Waals surface area contributed by atoms with Crippen LogP contribution in [0.5, 0.6) is 0 Å². The van der Waals surface area contributed by atoms with Crippen molar-refractivity contribution in [1.29, 1.82) is 0 Å². The molecule has 2 aromatic heterocycles. The van der Waals surface area contributed by atoms with E-state index in [0.29, 0.717) is 25.3 Å². The van der Waals surface area contributed by atoms with Crippen LogP contribution in [0, 0.1) is 0 Å². The first-order valence-corrected chi connectivity index (χ1v) is 9.67. The molecule has 0 radical (unpaired) electrons. The number of oxazole rings is 1. The zero-order chi connectivity index (χ0) is 17.5. The third kappa shape index (κ3) is 3.32. The monoisotopic (exact) mass is 388 g/mol. The molecule has 3 aromatic rings. The maximum absolute atomic E-state index is 11.8. The highest BCUT2D eigenvalue weighted by atomic mass is 35.5. The summed E-state index contributed by atoms with van der Waals surface area (Å²) in [7, 11) is 0. The van der Waals surface area contributed by atoms with Gasteiger partial charge in [0, 0.05) is 43.0 Å². The minimum Gasteiger partial charge on any atom is -0.441 e. The van der Waals surface area contributed by atoms with E-state index in [2.05, 4.69) is 22.6 Å². The van der Waals surface area contributed by atoms with Gasteiger partial charge in [-0.2, -0.15) is 0 Å². The van der Waals surface area contributed by atoms with Gasteiger partial charge in [0.2, 0.25) is 5.91 Å². The number of nitrogens with zero attached hydrogens (tertiary/aromatic N) is 2. The number of carbonyl (C=O) groups is 1. The summed E-state index contributed by atoms with van der Waals surface area (Å²) in [4.78, 5) is 21.9. The normalized spacial score (nSPS) is 18.5. The first-order valence-electron chi connectivity index (χ1n) is 9.67. The SMILES string of the molecule is Cl.O=C1CCCN1CCc1nc2c(ccc3[nH]cc(C4CCNCC4)c32)o1. The van der Waals surface area contributed by atoms with Crippen LogP contribution in [0.15, 0.2) is 22.7 Å². The van der Waals surface area contributed by atoms with E-state index in [1.54, 1.807) is 0 Å². The first-order chi connectivity index (χ1) is 12.8. The van der Waals surface area contributed by atoms with Crippen LogP contribution in [0.1, 0.15) is 43.1 Å². The summed E-state index contributed by atoms with van der Waals surface area (Å²) in [5.41, 5.74) is 4.29. The minimum absolute atomic E-state index is 0. The summed E-state index contributed by atoms with van der Waals surface area (Å²) in [5, 5.41) is 4.65. The highest BCUT2D eigenvalue weighted by molar-refractivity contribution is 6.04. The maximum atomic E-state index is 11.8. The molecule has 6 nitrogen and oxygen atoms in total. The predicted octanol–water partition coefficient (Wildman–Crippen LogP) is 3.36. The number of piperidine rings is 1. The second-order valence-electron chi connectivity index (χ2n) is 7.45. The van der Waals surface area contributed by atoms with Crippen molar-refractivity contribution < 1.29 is 9.21 Å². The van der Waals surface area contributed by atoms with Gasteiger partial charge in [-0.05, 0) is 56.0 Å². The molecular weight excluding hydrogens is 364 g/mol. The molecule has 1 amide bonds. The lowest BCUT2D eigenvalue weighted by atomic mass is 9.90. The molecule has 5 rings (SSSR count). The number of aromatic nitrogens is 2. The molecule has 0 unspecified atom stereocenters. The summed E-state index contributed by atoms with van der Waals surface area (Å²) in [6.45, 7) is 3.70. The number of nitrogens with one attached hydrogen (secondary N) is 2. The highest BCUT2D eigenvalue weighted by Crippen LogP contribution is 2.35. The van der Waals surface area contributed by atoms with Crippen LogP contribution in [-0.2, 0) is 11.2 Å². The lowest BCUT2D eigenvalue weighted by molar-refractivity contribution is -0.127. The van der Waals surface area contributed by atoms with E-state index in [-0.39, 0.29) is 18.3 Å². The number of amides is 1. The Bertz CT molecular complexity index is 958. The molecule has 0 bridgehead atoms. The molecule has 0 aliphatic carbocycles. The molecule has 4 heterocycles. The molecule has 0 saturated carbocycles. The predicted molar refractivity (Wildman–Crippen MR) is 107 cm³/mol. The summed E-state index contributed by atoms with van der Waals surface area (Å²) in [6.07, 6.45) is 6.79. The minimum atomic E-state index is 0. The quantitative estimate of drug-likeness (QED) is 0.718. The van der Waals surface area contributed by atoms with E-state index in [1.807, 2.05) is 11.0 Å². The van der Waals surface area contributed by atoms with Crippen molar-refractivity contribution in [3.05, 3.63) is 29.8 Å². The van der Waals surface area contributed by atoms with E-state index in [0.717, 1.165) is 61.4 Å². The largest absolute Gasteiger partial charge is 0.441 e. The van der Waals surface area contributed by atoms with Crippen molar-refractivity contribution in [1.82, 2.24) is 20.2 Å². The smallest absolute Gasteiger partial charge is 0.222 e. The van der Waals surface area contributed by atoms with Gasteiger partial charge in [-0.3, -0.25) is 4.79 Å². The average Bonchev–Trinajstić information content (AvgIpc) is 3.37. The summed E-state index contributed by atoms with van der Waals surface area (Å²) in [6, 6.07) is 4.08. The van der Waals surface area contributed by atoms with E-state index in [1.165, 1.54) is 10.9 Å². The number of hydrogen-bond donors (Lipinski definition) is 2. The number of aromatic amines is 1. The van der Waals surface area contributed by atoms with Crippen molar-refractivity contribution in [3.8, 4) is 0 Å². The van der Waals surface area contributed by atoms with Gasteiger partial charge in [0.25, 0.3) is 0 Å². The Kier molecular flexibility index (Phi) is 5.10. The van der Waals surface area contributed by atoms with Crippen molar-refractivity contribution in [2.24, 2.45) is 0 Å². The Morgan fingerprint density at radius 1 is 1.26 bits per heavy atom.